The number of ether oxygens (including phenoxy) is 1. The van der Waals surface area contributed by atoms with Gasteiger partial charge in [0.25, 0.3) is 11.8 Å². The highest BCUT2D eigenvalue weighted by Crippen LogP contribution is 2.42. The largest absolute Gasteiger partial charge is 0.472 e. The molecule has 2 fully saturated rings. The molecule has 4 aromatic carbocycles. The number of aromatic amines is 2. The average Bonchev–Trinajstić information content (AvgIpc) is 4.16. The van der Waals surface area contributed by atoms with Crippen LogP contribution in [0, 0.1) is 0 Å². The van der Waals surface area contributed by atoms with E-state index < -0.39 is 24.3 Å². The maximum atomic E-state index is 13.8. The molecular formula is C47H43N9O7. The lowest BCUT2D eigenvalue weighted by molar-refractivity contribution is -0.135. The number of amides is 4. The van der Waals surface area contributed by atoms with E-state index in [1.54, 1.807) is 70.7 Å². The molecule has 6 N–H and O–H groups in total. The quantitative estimate of drug-likeness (QED) is 0.0793. The van der Waals surface area contributed by atoms with Crippen LogP contribution in [0.5, 0.6) is 5.75 Å². The van der Waals surface area contributed by atoms with Gasteiger partial charge in [-0.25, -0.2) is 19.6 Å². The average molecular weight is 846 g/mol. The van der Waals surface area contributed by atoms with Crippen LogP contribution < -0.4 is 15.4 Å². The molecule has 63 heavy (non-hydrogen) atoms. The first-order chi connectivity index (χ1) is 30.7. The lowest BCUT2D eigenvalue weighted by Gasteiger charge is -2.28. The van der Waals surface area contributed by atoms with Crippen LogP contribution in [0.2, 0.25) is 0 Å². The Morgan fingerprint density at radius 1 is 0.667 bits per heavy atom. The standard InChI is InChI=1S/C47H43N9O7/c57-44(40(52-46(59)60)27-9-3-1-4-10-27)54-19-7-13-36(54)42-48-24-33(50-42)29-16-18-35-31(21-29)22-38-32-17-15-30(23-39(32)63-26-56(35)38)34-25-49-43(51-34)37-14-8-20-55(37)45(58)41(53-47(61)62)28-11-5-2-6-12-28/h1-6,9-12,15-18,21-25,36-37,40-41,52-53H,7-8,13-14,19-20,26H2,(H,48,50)(H,49,51)(H,59,60)(H,61,62)/t36-,37-,40?,41?/m0/s1. The monoisotopic (exact) mass is 845 g/mol. The molecule has 16 heteroatoms. The zero-order chi connectivity index (χ0) is 43.2. The smallest absolute Gasteiger partial charge is 0.405 e. The van der Waals surface area contributed by atoms with Crippen molar-refractivity contribution in [2.24, 2.45) is 0 Å². The van der Waals surface area contributed by atoms with Crippen LogP contribution in [-0.4, -0.2) is 81.6 Å². The molecule has 3 aromatic heterocycles. The maximum Gasteiger partial charge on any atom is 0.405 e. The number of H-pyrrole nitrogens is 2. The van der Waals surface area contributed by atoms with Crippen molar-refractivity contribution in [2.45, 2.75) is 56.6 Å². The molecule has 4 atom stereocenters. The summed E-state index contributed by atoms with van der Waals surface area (Å²) >= 11 is 0. The van der Waals surface area contributed by atoms with Gasteiger partial charge < -0.3 is 49.9 Å². The number of carboxylic acid groups (broad SMARTS) is 2. The van der Waals surface area contributed by atoms with Gasteiger partial charge in [0.15, 0.2) is 6.73 Å². The van der Waals surface area contributed by atoms with E-state index in [2.05, 4.69) is 43.4 Å². The van der Waals surface area contributed by atoms with Crippen molar-refractivity contribution >= 4 is 34.9 Å². The summed E-state index contributed by atoms with van der Waals surface area (Å²) in [6.07, 6.45) is 3.92. The van der Waals surface area contributed by atoms with Crippen molar-refractivity contribution in [2.75, 3.05) is 13.1 Å². The third-order valence-corrected chi connectivity index (χ3v) is 12.3. The summed E-state index contributed by atoms with van der Waals surface area (Å²) in [4.78, 5) is 70.8. The Kier molecular flexibility index (Phi) is 10.1. The number of likely N-dealkylation sites (tertiary alicyclic amines) is 2. The minimum absolute atomic E-state index is 0.315. The van der Waals surface area contributed by atoms with Crippen LogP contribution >= 0.6 is 0 Å². The van der Waals surface area contributed by atoms with E-state index >= 15 is 0 Å². The molecule has 2 saturated heterocycles. The third-order valence-electron chi connectivity index (χ3n) is 12.3. The minimum Gasteiger partial charge on any atom is -0.472 e. The predicted molar refractivity (Wildman–Crippen MR) is 231 cm³/mol. The first-order valence-electron chi connectivity index (χ1n) is 20.9. The van der Waals surface area contributed by atoms with E-state index in [1.165, 1.54) is 0 Å². The van der Waals surface area contributed by atoms with Crippen molar-refractivity contribution in [3.63, 3.8) is 0 Å². The highest BCUT2D eigenvalue weighted by molar-refractivity contribution is 5.92. The van der Waals surface area contributed by atoms with Crippen LogP contribution in [0.3, 0.4) is 0 Å². The van der Waals surface area contributed by atoms with Crippen molar-refractivity contribution in [1.82, 2.24) is 44.9 Å². The molecule has 4 amide bonds. The van der Waals surface area contributed by atoms with Gasteiger partial charge in [0.05, 0.1) is 47.1 Å². The first kappa shape index (κ1) is 39.3. The Hall–Kier alpha value is -7.88. The molecule has 0 spiro atoms. The number of carbonyl (C=O) groups excluding carboxylic acids is 2. The Morgan fingerprint density at radius 3 is 1.73 bits per heavy atom. The highest BCUT2D eigenvalue weighted by Gasteiger charge is 2.38. The van der Waals surface area contributed by atoms with Crippen molar-refractivity contribution in [3.05, 3.63) is 138 Å². The number of imidazole rings is 2. The van der Waals surface area contributed by atoms with Gasteiger partial charge in [0.2, 0.25) is 0 Å². The van der Waals surface area contributed by atoms with Crippen molar-refractivity contribution < 1.29 is 34.1 Å². The van der Waals surface area contributed by atoms with Gasteiger partial charge >= 0.3 is 12.2 Å². The Balaban J connectivity index is 0.864. The number of aromatic nitrogens is 5. The highest BCUT2D eigenvalue weighted by atomic mass is 16.5. The number of fused-ring (bicyclic) bond motifs is 5. The lowest BCUT2D eigenvalue weighted by Crippen LogP contribution is -2.42. The van der Waals surface area contributed by atoms with Crippen LogP contribution in [0.1, 0.15) is 72.6 Å². The Labute approximate surface area is 360 Å². The summed E-state index contributed by atoms with van der Waals surface area (Å²) in [6.45, 7) is 1.30. The second-order valence-electron chi connectivity index (χ2n) is 16.0. The molecule has 2 unspecified atom stereocenters. The fourth-order valence-corrected chi connectivity index (χ4v) is 9.34. The molecule has 318 valence electrons. The molecule has 0 bridgehead atoms. The topological polar surface area (TPSA) is 211 Å². The van der Waals surface area contributed by atoms with E-state index in [9.17, 15) is 29.4 Å². The molecule has 10 rings (SSSR count). The molecular weight excluding hydrogens is 803 g/mol. The minimum atomic E-state index is -1.27. The number of carbonyl (C=O) groups is 4. The van der Waals surface area contributed by atoms with Crippen molar-refractivity contribution in [1.29, 1.82) is 0 Å². The SMILES string of the molecule is O=C(O)NC(C(=O)N1CCC[C@H]1c1ncc(-c2ccc3c(c2)OCn2c-3cc3cc(-c4cnc([C@@H]5CCCN5C(=O)C(NC(=O)O)c5ccccc5)[nH]4)ccc32)[nH]1)c1ccccc1. The molecule has 3 aliphatic rings. The van der Waals surface area contributed by atoms with E-state index in [0.29, 0.717) is 55.4 Å². The van der Waals surface area contributed by atoms with E-state index in [1.807, 2.05) is 36.4 Å². The van der Waals surface area contributed by atoms with E-state index in [4.69, 9.17) is 14.7 Å². The third kappa shape index (κ3) is 7.38. The molecule has 0 radical (unpaired) electrons. The normalized spacial score (nSPS) is 17.7. The number of hydrogen-bond acceptors (Lipinski definition) is 7. The number of benzene rings is 4. The van der Waals surface area contributed by atoms with Gasteiger partial charge in [-0.15, -0.1) is 0 Å². The van der Waals surface area contributed by atoms with Gasteiger partial charge in [-0.1, -0.05) is 72.8 Å². The summed E-state index contributed by atoms with van der Waals surface area (Å²) in [5, 5.41) is 24.9. The van der Waals surface area contributed by atoms with E-state index in [-0.39, 0.29) is 23.9 Å². The molecule has 16 nitrogen and oxygen atoms in total. The predicted octanol–water partition coefficient (Wildman–Crippen LogP) is 7.78. The summed E-state index contributed by atoms with van der Waals surface area (Å²) in [6, 6.07) is 29.4. The van der Waals surface area contributed by atoms with Gasteiger partial charge in [0.1, 0.15) is 29.5 Å². The summed E-state index contributed by atoms with van der Waals surface area (Å²) < 4.78 is 8.48. The van der Waals surface area contributed by atoms with E-state index in [0.717, 1.165) is 63.3 Å². The molecule has 3 aliphatic heterocycles. The van der Waals surface area contributed by atoms with Gasteiger partial charge in [0, 0.05) is 35.2 Å². The fraction of sp³-hybridized carbons (Fsp3) is 0.234. The molecule has 0 saturated carbocycles. The number of nitrogens with one attached hydrogen (secondary N) is 4. The van der Waals surface area contributed by atoms with Gasteiger partial charge in [-0.05, 0) is 67.1 Å². The first-order valence-corrected chi connectivity index (χ1v) is 20.9. The maximum absolute atomic E-state index is 13.8. The van der Waals surface area contributed by atoms with Gasteiger partial charge in [-0.3, -0.25) is 9.59 Å². The fourth-order valence-electron chi connectivity index (χ4n) is 9.34. The van der Waals surface area contributed by atoms with Crippen LogP contribution in [0.15, 0.2) is 116 Å². The second kappa shape index (κ2) is 16.2. The number of nitrogens with zero attached hydrogens (tertiary/aromatic N) is 5. The second-order valence-corrected chi connectivity index (χ2v) is 16.0. The van der Waals surface area contributed by atoms with Gasteiger partial charge in [-0.2, -0.15) is 0 Å². The molecule has 0 aliphatic carbocycles. The molecule has 6 heterocycles. The Morgan fingerprint density at radius 2 is 1.19 bits per heavy atom. The van der Waals surface area contributed by atoms with Crippen LogP contribution in [0.25, 0.3) is 44.7 Å². The van der Waals surface area contributed by atoms with Crippen LogP contribution in [-0.2, 0) is 16.3 Å². The zero-order valence-electron chi connectivity index (χ0n) is 33.9. The zero-order valence-corrected chi connectivity index (χ0v) is 33.9. The van der Waals surface area contributed by atoms with Crippen molar-refractivity contribution in [3.8, 4) is 39.5 Å². The lowest BCUT2D eigenvalue weighted by atomic mass is 10.0. The summed E-state index contributed by atoms with van der Waals surface area (Å²) in [7, 11) is 0. The summed E-state index contributed by atoms with van der Waals surface area (Å²) in [5.41, 5.74) is 7.49. The molecule has 7 aromatic rings. The Bertz CT molecular complexity index is 2870. The number of rotatable bonds is 10. The summed E-state index contributed by atoms with van der Waals surface area (Å²) in [5.74, 6) is 1.37. The number of hydrogen-bond donors (Lipinski definition) is 6. The van der Waals surface area contributed by atoms with Crippen LogP contribution in [0.4, 0.5) is 9.59 Å².